The topological polar surface area (TPSA) is 60.7 Å². The molecule has 36 heavy (non-hydrogen) atoms. The first-order valence-electron chi connectivity index (χ1n) is 13.1. The summed E-state index contributed by atoms with van der Waals surface area (Å²) in [6.07, 6.45) is 9.91. The molecule has 6 heteroatoms. The highest BCUT2D eigenvalue weighted by atomic mass is 35.5. The standard InChI is InChI=1S/C30H40ClNO4/c1-5-6-7-8-9-10-11-22-12-15-25(16-13-22)35-21-24(33)19-32-20-27(31)26-18-23(14-17-28(26)32)29(34)36-30(2,3)4/h12-18,20,24,33H,5-11,19,21H2,1-4H3. The van der Waals surface area contributed by atoms with Gasteiger partial charge in [0, 0.05) is 17.1 Å². The average molecular weight is 514 g/mol. The maximum Gasteiger partial charge on any atom is 0.338 e. The molecule has 0 spiro atoms. The summed E-state index contributed by atoms with van der Waals surface area (Å²) in [4.78, 5) is 12.4. The van der Waals surface area contributed by atoms with Crippen LogP contribution >= 0.6 is 11.6 Å². The molecule has 3 rings (SSSR count). The molecule has 0 saturated heterocycles. The second kappa shape index (κ2) is 13.2. The quantitative estimate of drug-likeness (QED) is 0.189. The second-order valence-electron chi connectivity index (χ2n) is 10.5. The number of hydrogen-bond acceptors (Lipinski definition) is 4. The summed E-state index contributed by atoms with van der Waals surface area (Å²) in [5.41, 5.74) is 2.03. The minimum Gasteiger partial charge on any atom is -0.491 e. The zero-order valence-electron chi connectivity index (χ0n) is 22.1. The predicted octanol–water partition coefficient (Wildman–Crippen LogP) is 7.59. The van der Waals surface area contributed by atoms with E-state index < -0.39 is 11.7 Å². The van der Waals surface area contributed by atoms with Crippen molar-refractivity contribution < 1.29 is 19.4 Å². The Bertz CT molecular complexity index is 1110. The van der Waals surface area contributed by atoms with Crippen LogP contribution in [0.5, 0.6) is 5.75 Å². The maximum absolute atomic E-state index is 12.4. The number of esters is 1. The lowest BCUT2D eigenvalue weighted by atomic mass is 10.0. The van der Waals surface area contributed by atoms with Gasteiger partial charge in [0.25, 0.3) is 0 Å². The molecule has 196 valence electrons. The Hall–Kier alpha value is -2.50. The maximum atomic E-state index is 12.4. The van der Waals surface area contributed by atoms with Crippen LogP contribution in [-0.2, 0) is 17.7 Å². The third-order valence-corrected chi connectivity index (χ3v) is 6.36. The lowest BCUT2D eigenvalue weighted by Crippen LogP contribution is -2.24. The van der Waals surface area contributed by atoms with E-state index in [9.17, 15) is 9.90 Å². The van der Waals surface area contributed by atoms with Crippen LogP contribution in [0.3, 0.4) is 0 Å². The Morgan fingerprint density at radius 2 is 1.72 bits per heavy atom. The van der Waals surface area contributed by atoms with E-state index >= 15 is 0 Å². The van der Waals surface area contributed by atoms with Gasteiger partial charge in [0.15, 0.2) is 0 Å². The summed E-state index contributed by atoms with van der Waals surface area (Å²) in [7, 11) is 0. The molecule has 1 N–H and O–H groups in total. The summed E-state index contributed by atoms with van der Waals surface area (Å²) in [5, 5.41) is 11.9. The van der Waals surface area contributed by atoms with Crippen LogP contribution in [0.25, 0.3) is 10.9 Å². The molecule has 0 aliphatic carbocycles. The molecular formula is C30H40ClNO4. The number of halogens is 1. The first-order valence-corrected chi connectivity index (χ1v) is 13.5. The van der Waals surface area contributed by atoms with E-state index in [1.165, 1.54) is 44.1 Å². The van der Waals surface area contributed by atoms with Gasteiger partial charge < -0.3 is 19.1 Å². The van der Waals surface area contributed by atoms with Crippen molar-refractivity contribution in [1.82, 2.24) is 4.57 Å². The van der Waals surface area contributed by atoms with Crippen molar-refractivity contribution in [3.05, 3.63) is 64.8 Å². The molecular weight excluding hydrogens is 474 g/mol. The van der Waals surface area contributed by atoms with E-state index in [4.69, 9.17) is 21.1 Å². The number of nitrogens with zero attached hydrogens (tertiary/aromatic N) is 1. The van der Waals surface area contributed by atoms with Crippen molar-refractivity contribution in [3.8, 4) is 5.75 Å². The summed E-state index contributed by atoms with van der Waals surface area (Å²) >= 11 is 6.44. The third kappa shape index (κ3) is 8.56. The first kappa shape index (κ1) is 28.1. The van der Waals surface area contributed by atoms with E-state index in [0.717, 1.165) is 23.1 Å². The van der Waals surface area contributed by atoms with Crippen molar-refractivity contribution in [1.29, 1.82) is 0 Å². The van der Waals surface area contributed by atoms with Gasteiger partial charge in [0.05, 0.1) is 17.1 Å². The van der Waals surface area contributed by atoms with Crippen LogP contribution in [0.1, 0.15) is 82.1 Å². The number of carbonyl (C=O) groups is 1. The van der Waals surface area contributed by atoms with E-state index in [0.29, 0.717) is 17.1 Å². The zero-order valence-corrected chi connectivity index (χ0v) is 22.8. The van der Waals surface area contributed by atoms with Gasteiger partial charge in [-0.15, -0.1) is 0 Å². The first-order chi connectivity index (χ1) is 17.2. The second-order valence-corrected chi connectivity index (χ2v) is 10.9. The van der Waals surface area contributed by atoms with E-state index in [1.54, 1.807) is 18.3 Å². The Morgan fingerprint density at radius 1 is 1.03 bits per heavy atom. The molecule has 1 unspecified atom stereocenters. The third-order valence-electron chi connectivity index (χ3n) is 6.06. The Morgan fingerprint density at radius 3 is 2.42 bits per heavy atom. The van der Waals surface area contributed by atoms with Crippen LogP contribution in [0.2, 0.25) is 5.02 Å². The van der Waals surface area contributed by atoms with Gasteiger partial charge in [-0.25, -0.2) is 4.79 Å². The number of benzene rings is 2. The zero-order chi connectivity index (χ0) is 26.1. The SMILES string of the molecule is CCCCCCCCc1ccc(OCC(O)Cn2cc(Cl)c3cc(C(=O)OC(C)(C)C)ccc32)cc1. The highest BCUT2D eigenvalue weighted by molar-refractivity contribution is 6.35. The van der Waals surface area contributed by atoms with Crippen LogP contribution in [0.15, 0.2) is 48.7 Å². The fraction of sp³-hybridized carbons (Fsp3) is 0.500. The van der Waals surface area contributed by atoms with Gasteiger partial charge in [-0.1, -0.05) is 62.8 Å². The predicted molar refractivity (Wildman–Crippen MR) is 147 cm³/mol. The van der Waals surface area contributed by atoms with Crippen molar-refractivity contribution in [2.45, 2.75) is 90.9 Å². The van der Waals surface area contributed by atoms with Gasteiger partial charge in [0.1, 0.15) is 24.1 Å². The summed E-state index contributed by atoms with van der Waals surface area (Å²) in [6.45, 7) is 8.24. The number of hydrogen-bond donors (Lipinski definition) is 1. The number of aryl methyl sites for hydroxylation is 1. The van der Waals surface area contributed by atoms with Crippen LogP contribution in [-0.4, -0.2) is 34.0 Å². The molecule has 1 atom stereocenters. The normalized spacial score (nSPS) is 12.6. The van der Waals surface area contributed by atoms with E-state index in [-0.39, 0.29) is 12.6 Å². The van der Waals surface area contributed by atoms with Gasteiger partial charge >= 0.3 is 5.97 Å². The van der Waals surface area contributed by atoms with Crippen molar-refractivity contribution in [3.63, 3.8) is 0 Å². The van der Waals surface area contributed by atoms with Gasteiger partial charge in [-0.3, -0.25) is 0 Å². The highest BCUT2D eigenvalue weighted by Crippen LogP contribution is 2.28. The molecule has 0 aliphatic heterocycles. The number of ether oxygens (including phenoxy) is 2. The summed E-state index contributed by atoms with van der Waals surface area (Å²) in [5.74, 6) is 0.359. The number of aliphatic hydroxyl groups excluding tert-OH is 1. The van der Waals surface area contributed by atoms with E-state index in [2.05, 4.69) is 19.1 Å². The molecule has 1 heterocycles. The minimum absolute atomic E-state index is 0.171. The molecule has 5 nitrogen and oxygen atoms in total. The highest BCUT2D eigenvalue weighted by Gasteiger charge is 2.19. The van der Waals surface area contributed by atoms with E-state index in [1.807, 2.05) is 43.5 Å². The molecule has 0 amide bonds. The fourth-order valence-electron chi connectivity index (χ4n) is 4.20. The molecule has 0 aliphatic rings. The Balaban J connectivity index is 1.51. The average Bonchev–Trinajstić information content (AvgIpc) is 3.14. The van der Waals surface area contributed by atoms with Gasteiger partial charge in [-0.2, -0.15) is 0 Å². The molecule has 2 aromatic carbocycles. The lowest BCUT2D eigenvalue weighted by Gasteiger charge is -2.19. The smallest absolute Gasteiger partial charge is 0.338 e. The molecule has 3 aromatic rings. The summed E-state index contributed by atoms with van der Waals surface area (Å²) in [6, 6.07) is 13.4. The lowest BCUT2D eigenvalue weighted by molar-refractivity contribution is 0.00696. The fourth-order valence-corrected chi connectivity index (χ4v) is 4.47. The number of aromatic nitrogens is 1. The summed E-state index contributed by atoms with van der Waals surface area (Å²) < 4.78 is 13.2. The van der Waals surface area contributed by atoms with Crippen LogP contribution in [0, 0.1) is 0 Å². The number of fused-ring (bicyclic) bond motifs is 1. The number of aliphatic hydroxyl groups is 1. The van der Waals surface area contributed by atoms with Crippen molar-refractivity contribution in [2.24, 2.45) is 0 Å². The van der Waals surface area contributed by atoms with Crippen LogP contribution < -0.4 is 4.74 Å². The Labute approximate surface area is 220 Å². The molecule has 0 fully saturated rings. The van der Waals surface area contributed by atoms with Crippen molar-refractivity contribution >= 4 is 28.5 Å². The molecule has 1 aromatic heterocycles. The van der Waals surface area contributed by atoms with Crippen LogP contribution in [0.4, 0.5) is 0 Å². The molecule has 0 saturated carbocycles. The van der Waals surface area contributed by atoms with Crippen molar-refractivity contribution in [2.75, 3.05) is 6.61 Å². The largest absolute Gasteiger partial charge is 0.491 e. The number of rotatable bonds is 13. The minimum atomic E-state index is -0.718. The molecule has 0 radical (unpaired) electrons. The number of carbonyl (C=O) groups excluding carboxylic acids is 1. The Kier molecular flexibility index (Phi) is 10.3. The van der Waals surface area contributed by atoms with Gasteiger partial charge in [-0.05, 0) is 69.5 Å². The molecule has 0 bridgehead atoms. The number of unbranched alkanes of at least 4 members (excludes halogenated alkanes) is 5. The monoisotopic (exact) mass is 513 g/mol. The van der Waals surface area contributed by atoms with Gasteiger partial charge in [0.2, 0.25) is 0 Å².